The summed E-state index contributed by atoms with van der Waals surface area (Å²) in [4.78, 5) is 9.25. The molecule has 0 aliphatic carbocycles. The van der Waals surface area contributed by atoms with Gasteiger partial charge in [-0.15, -0.1) is 0 Å². The van der Waals surface area contributed by atoms with Crippen molar-refractivity contribution in [2.24, 2.45) is 0 Å². The third-order valence-electron chi connectivity index (χ3n) is 3.56. The summed E-state index contributed by atoms with van der Waals surface area (Å²) >= 11 is 0. The van der Waals surface area contributed by atoms with Crippen molar-refractivity contribution in [3.05, 3.63) is 41.2 Å². The Morgan fingerprint density at radius 1 is 1.05 bits per heavy atom. The number of nitrogens with one attached hydrogen (secondary N) is 1. The number of anilines is 1. The lowest BCUT2D eigenvalue weighted by Gasteiger charge is -2.09. The van der Waals surface area contributed by atoms with E-state index in [9.17, 15) is 0 Å². The van der Waals surface area contributed by atoms with E-state index in [2.05, 4.69) is 28.3 Å². The number of benzene rings is 1. The van der Waals surface area contributed by atoms with E-state index in [0.29, 0.717) is 0 Å². The minimum absolute atomic E-state index is 0.752. The van der Waals surface area contributed by atoms with E-state index >= 15 is 0 Å². The first kappa shape index (κ1) is 13.6. The third-order valence-corrected chi connectivity index (χ3v) is 3.56. The predicted octanol–water partition coefficient (Wildman–Crippen LogP) is 4.25. The van der Waals surface area contributed by atoms with Gasteiger partial charge in [0.1, 0.15) is 11.3 Å². The second-order valence-corrected chi connectivity index (χ2v) is 5.27. The summed E-state index contributed by atoms with van der Waals surface area (Å²) in [6.07, 6.45) is 0. The normalized spacial score (nSPS) is 11.0. The zero-order valence-corrected chi connectivity index (χ0v) is 12.8. The maximum Gasteiger partial charge on any atom is 0.157 e. The van der Waals surface area contributed by atoms with Crippen LogP contribution >= 0.6 is 0 Å². The first-order valence-corrected chi connectivity index (χ1v) is 7.18. The summed E-state index contributed by atoms with van der Waals surface area (Å²) < 4.78 is 5.95. The predicted molar refractivity (Wildman–Crippen MR) is 85.6 cm³/mol. The molecule has 3 aromatic rings. The first-order valence-electron chi connectivity index (χ1n) is 7.18. The van der Waals surface area contributed by atoms with Gasteiger partial charge in [0.2, 0.25) is 0 Å². The van der Waals surface area contributed by atoms with Crippen LogP contribution in [-0.2, 0) is 0 Å². The molecule has 4 nitrogen and oxygen atoms in total. The number of hydrogen-bond acceptors (Lipinski definition) is 4. The van der Waals surface area contributed by atoms with E-state index in [-0.39, 0.29) is 0 Å². The van der Waals surface area contributed by atoms with Gasteiger partial charge in [-0.2, -0.15) is 0 Å². The van der Waals surface area contributed by atoms with Crippen LogP contribution in [0.15, 0.2) is 28.7 Å². The molecule has 108 valence electrons. The van der Waals surface area contributed by atoms with Crippen LogP contribution in [0.5, 0.6) is 0 Å². The van der Waals surface area contributed by atoms with Gasteiger partial charge in [0, 0.05) is 11.9 Å². The van der Waals surface area contributed by atoms with Crippen LogP contribution in [0.1, 0.15) is 23.9 Å². The maximum atomic E-state index is 5.95. The molecule has 0 bridgehead atoms. The molecule has 1 N–H and O–H groups in total. The molecule has 0 aliphatic rings. The Hall–Kier alpha value is -2.36. The maximum absolute atomic E-state index is 5.95. The summed E-state index contributed by atoms with van der Waals surface area (Å²) in [5.74, 6) is 1.53. The minimum Gasteiger partial charge on any atom is -0.454 e. The number of hydrogen-bond donors (Lipinski definition) is 1. The zero-order valence-electron chi connectivity index (χ0n) is 12.8. The monoisotopic (exact) mass is 281 g/mol. The molecular weight excluding hydrogens is 262 g/mol. The molecule has 0 saturated heterocycles. The molecule has 2 heterocycles. The second-order valence-electron chi connectivity index (χ2n) is 5.27. The van der Waals surface area contributed by atoms with Gasteiger partial charge >= 0.3 is 0 Å². The van der Waals surface area contributed by atoms with Gasteiger partial charge < -0.3 is 9.73 Å². The molecule has 1 aromatic carbocycles. The number of aryl methyl sites for hydroxylation is 3. The second kappa shape index (κ2) is 5.20. The molecule has 4 heteroatoms. The fourth-order valence-corrected chi connectivity index (χ4v) is 2.35. The van der Waals surface area contributed by atoms with Crippen molar-refractivity contribution in [3.63, 3.8) is 0 Å². The van der Waals surface area contributed by atoms with E-state index in [1.807, 2.05) is 39.0 Å². The van der Waals surface area contributed by atoms with Gasteiger partial charge in [-0.1, -0.05) is 11.6 Å². The minimum atomic E-state index is 0.752. The average molecular weight is 281 g/mol. The molecule has 3 rings (SSSR count). The van der Waals surface area contributed by atoms with Crippen molar-refractivity contribution < 1.29 is 4.42 Å². The van der Waals surface area contributed by atoms with Crippen molar-refractivity contribution in [1.82, 2.24) is 9.97 Å². The summed E-state index contributed by atoms with van der Waals surface area (Å²) in [7, 11) is 0. The van der Waals surface area contributed by atoms with Crippen molar-refractivity contribution in [2.75, 3.05) is 11.9 Å². The summed E-state index contributed by atoms with van der Waals surface area (Å²) in [5.41, 5.74) is 4.71. The highest BCUT2D eigenvalue weighted by atomic mass is 16.3. The van der Waals surface area contributed by atoms with Gasteiger partial charge in [-0.3, -0.25) is 0 Å². The molecule has 0 amide bonds. The summed E-state index contributed by atoms with van der Waals surface area (Å²) in [6, 6.07) is 8.19. The van der Waals surface area contributed by atoms with Gasteiger partial charge in [0.15, 0.2) is 11.6 Å². The number of fused-ring (bicyclic) bond motifs is 1. The molecule has 0 atom stereocenters. The fraction of sp³-hybridized carbons (Fsp3) is 0.294. The van der Waals surface area contributed by atoms with E-state index < -0.39 is 0 Å². The van der Waals surface area contributed by atoms with E-state index in [1.54, 1.807) is 0 Å². The lowest BCUT2D eigenvalue weighted by Crippen LogP contribution is -2.05. The molecule has 0 fully saturated rings. The van der Waals surface area contributed by atoms with Gasteiger partial charge in [0.05, 0.1) is 11.4 Å². The van der Waals surface area contributed by atoms with Crippen LogP contribution in [-0.4, -0.2) is 16.5 Å². The molecule has 2 aromatic heterocycles. The zero-order chi connectivity index (χ0) is 15.0. The Bertz CT molecular complexity index is 805. The van der Waals surface area contributed by atoms with Crippen LogP contribution in [0, 0.1) is 20.8 Å². The SMILES string of the molecule is CCNc1nc(C)c(C)nc1-c1cc2cc(C)ccc2o1. The number of aromatic nitrogens is 2. The highest BCUT2D eigenvalue weighted by Gasteiger charge is 2.15. The van der Waals surface area contributed by atoms with Crippen LogP contribution in [0.3, 0.4) is 0 Å². The van der Waals surface area contributed by atoms with Crippen molar-refractivity contribution >= 4 is 16.8 Å². The molecule has 0 saturated carbocycles. The summed E-state index contributed by atoms with van der Waals surface area (Å²) in [5, 5.41) is 4.36. The number of furan rings is 1. The molecule has 0 radical (unpaired) electrons. The van der Waals surface area contributed by atoms with Gasteiger partial charge in [0.25, 0.3) is 0 Å². The fourth-order valence-electron chi connectivity index (χ4n) is 2.35. The molecule has 0 aliphatic heterocycles. The standard InChI is InChI=1S/C17H19N3O/c1-5-18-17-16(19-11(3)12(4)20-17)15-9-13-8-10(2)6-7-14(13)21-15/h6-9H,5H2,1-4H3,(H,18,20). The van der Waals surface area contributed by atoms with E-state index in [0.717, 1.165) is 46.2 Å². The molecule has 0 unspecified atom stereocenters. The Balaban J connectivity index is 2.18. The average Bonchev–Trinajstić information content (AvgIpc) is 2.85. The topological polar surface area (TPSA) is 51.0 Å². The van der Waals surface area contributed by atoms with Crippen LogP contribution < -0.4 is 5.32 Å². The largest absolute Gasteiger partial charge is 0.454 e. The number of rotatable bonds is 3. The summed E-state index contributed by atoms with van der Waals surface area (Å²) in [6.45, 7) is 8.85. The van der Waals surface area contributed by atoms with E-state index in [1.165, 1.54) is 5.56 Å². The third kappa shape index (κ3) is 2.49. The molecular formula is C17H19N3O. The van der Waals surface area contributed by atoms with Crippen LogP contribution in [0.2, 0.25) is 0 Å². The molecule has 21 heavy (non-hydrogen) atoms. The smallest absolute Gasteiger partial charge is 0.157 e. The van der Waals surface area contributed by atoms with Crippen LogP contribution in [0.25, 0.3) is 22.4 Å². The lowest BCUT2D eigenvalue weighted by atomic mass is 10.2. The highest BCUT2D eigenvalue weighted by Crippen LogP contribution is 2.31. The Labute approximate surface area is 124 Å². The first-order chi connectivity index (χ1) is 10.1. The highest BCUT2D eigenvalue weighted by molar-refractivity contribution is 5.84. The Morgan fingerprint density at radius 3 is 2.57 bits per heavy atom. The molecule has 0 spiro atoms. The van der Waals surface area contributed by atoms with Gasteiger partial charge in [-0.05, 0) is 45.9 Å². The number of nitrogens with zero attached hydrogens (tertiary/aromatic N) is 2. The Morgan fingerprint density at radius 2 is 1.81 bits per heavy atom. The van der Waals surface area contributed by atoms with Crippen molar-refractivity contribution in [1.29, 1.82) is 0 Å². The van der Waals surface area contributed by atoms with Gasteiger partial charge in [-0.25, -0.2) is 9.97 Å². The lowest BCUT2D eigenvalue weighted by molar-refractivity contribution is 0.628. The van der Waals surface area contributed by atoms with Crippen LogP contribution in [0.4, 0.5) is 5.82 Å². The quantitative estimate of drug-likeness (QED) is 0.780. The van der Waals surface area contributed by atoms with Crippen molar-refractivity contribution in [3.8, 4) is 11.5 Å². The van der Waals surface area contributed by atoms with Crippen molar-refractivity contribution in [2.45, 2.75) is 27.7 Å². The van der Waals surface area contributed by atoms with E-state index in [4.69, 9.17) is 4.42 Å². The Kier molecular flexibility index (Phi) is 3.37.